The van der Waals surface area contributed by atoms with E-state index in [-0.39, 0.29) is 18.5 Å². The zero-order chi connectivity index (χ0) is 10.7. The van der Waals surface area contributed by atoms with E-state index in [0.717, 1.165) is 12.1 Å². The molecule has 1 unspecified atom stereocenters. The maximum Gasteiger partial charge on any atom is 0.194 e. The van der Waals surface area contributed by atoms with Crippen LogP contribution in [0.2, 0.25) is 0 Å². The second kappa shape index (κ2) is 4.43. The van der Waals surface area contributed by atoms with Crippen molar-refractivity contribution in [3.8, 4) is 0 Å². The lowest BCUT2D eigenvalue weighted by molar-refractivity contribution is 0.164. The molecule has 0 aromatic heterocycles. The van der Waals surface area contributed by atoms with Crippen LogP contribution in [0.5, 0.6) is 0 Å². The highest BCUT2D eigenvalue weighted by Gasteiger charge is 2.18. The molecule has 3 N–H and O–H groups in total. The van der Waals surface area contributed by atoms with Gasteiger partial charge in [-0.2, -0.15) is 0 Å². The molecule has 0 heterocycles. The molecule has 1 rings (SSSR count). The van der Waals surface area contributed by atoms with Crippen molar-refractivity contribution in [2.24, 2.45) is 5.73 Å². The Bertz CT molecular complexity index is 330. The highest BCUT2D eigenvalue weighted by molar-refractivity contribution is 5.22. The van der Waals surface area contributed by atoms with Gasteiger partial charge in [0.25, 0.3) is 0 Å². The number of hydrogen-bond acceptors (Lipinski definition) is 2. The maximum absolute atomic E-state index is 13.0. The number of rotatable bonds is 3. The molecule has 0 amide bonds. The van der Waals surface area contributed by atoms with Gasteiger partial charge in [-0.15, -0.1) is 0 Å². The van der Waals surface area contributed by atoms with Crippen LogP contribution in [-0.2, 0) is 0 Å². The van der Waals surface area contributed by atoms with Crippen molar-refractivity contribution in [3.05, 3.63) is 35.1 Å². The Morgan fingerprint density at radius 1 is 1.21 bits per heavy atom. The summed E-state index contributed by atoms with van der Waals surface area (Å²) in [5.41, 5.74) is 4.87. The van der Waals surface area contributed by atoms with Crippen molar-refractivity contribution in [3.63, 3.8) is 0 Å². The van der Waals surface area contributed by atoms with E-state index in [4.69, 9.17) is 5.73 Å². The Morgan fingerprint density at radius 3 is 2.43 bits per heavy atom. The summed E-state index contributed by atoms with van der Waals surface area (Å²) in [6, 6.07) is 1.78. The third-order valence-corrected chi connectivity index (χ3v) is 1.86. The van der Waals surface area contributed by atoms with E-state index in [1.54, 1.807) is 0 Å². The van der Waals surface area contributed by atoms with Gasteiger partial charge in [-0.25, -0.2) is 13.2 Å². The lowest BCUT2D eigenvalue weighted by Crippen LogP contribution is -2.09. The van der Waals surface area contributed by atoms with Gasteiger partial charge >= 0.3 is 0 Å². The summed E-state index contributed by atoms with van der Waals surface area (Å²) >= 11 is 0. The van der Waals surface area contributed by atoms with Crippen LogP contribution in [-0.4, -0.2) is 11.7 Å². The van der Waals surface area contributed by atoms with Crippen LogP contribution in [0.1, 0.15) is 18.1 Å². The number of aliphatic hydroxyl groups excluding tert-OH is 1. The first-order valence-corrected chi connectivity index (χ1v) is 4.09. The van der Waals surface area contributed by atoms with Crippen molar-refractivity contribution < 1.29 is 18.3 Å². The summed E-state index contributed by atoms with van der Waals surface area (Å²) in [6.07, 6.45) is -1.10. The van der Waals surface area contributed by atoms with Crippen LogP contribution in [0, 0.1) is 17.5 Å². The molecule has 14 heavy (non-hydrogen) atoms. The van der Waals surface area contributed by atoms with Gasteiger partial charge in [0.15, 0.2) is 17.5 Å². The Balaban J connectivity index is 3.04. The molecule has 0 saturated heterocycles. The quantitative estimate of drug-likeness (QED) is 0.734. The summed E-state index contributed by atoms with van der Waals surface area (Å²) in [5.74, 6) is -4.20. The van der Waals surface area contributed by atoms with E-state index in [0.29, 0.717) is 0 Å². The lowest BCUT2D eigenvalue weighted by Gasteiger charge is -2.10. The van der Waals surface area contributed by atoms with Gasteiger partial charge in [0.1, 0.15) is 0 Å². The standard InChI is InChI=1S/C9H10F3NO/c10-6-2-1-5(7(14)3-4-13)8(11)9(6)12/h1-2,7,14H,3-4,13H2. The molecular weight excluding hydrogens is 195 g/mol. The molecule has 78 valence electrons. The predicted molar refractivity (Wildman–Crippen MR) is 44.9 cm³/mol. The molecule has 0 saturated carbocycles. The van der Waals surface area contributed by atoms with E-state index in [1.807, 2.05) is 0 Å². The molecule has 0 aliphatic heterocycles. The molecule has 2 nitrogen and oxygen atoms in total. The molecule has 1 aromatic rings. The SMILES string of the molecule is NCCC(O)c1ccc(F)c(F)c1F. The minimum Gasteiger partial charge on any atom is -0.388 e. The van der Waals surface area contributed by atoms with Crippen LogP contribution in [0.15, 0.2) is 12.1 Å². The highest BCUT2D eigenvalue weighted by Crippen LogP contribution is 2.22. The first kappa shape index (κ1) is 11.0. The van der Waals surface area contributed by atoms with Crippen LogP contribution in [0.25, 0.3) is 0 Å². The first-order valence-electron chi connectivity index (χ1n) is 4.09. The van der Waals surface area contributed by atoms with Gasteiger partial charge in [-0.3, -0.25) is 0 Å². The Kier molecular flexibility index (Phi) is 3.49. The maximum atomic E-state index is 13.0. The van der Waals surface area contributed by atoms with E-state index >= 15 is 0 Å². The van der Waals surface area contributed by atoms with E-state index < -0.39 is 23.6 Å². The minimum atomic E-state index is -1.57. The second-order valence-corrected chi connectivity index (χ2v) is 2.86. The normalized spacial score (nSPS) is 12.9. The molecule has 0 aliphatic rings. The zero-order valence-corrected chi connectivity index (χ0v) is 7.30. The summed E-state index contributed by atoms with van der Waals surface area (Å²) in [4.78, 5) is 0. The van der Waals surface area contributed by atoms with Crippen LogP contribution in [0.3, 0.4) is 0 Å². The molecule has 0 bridgehead atoms. The fourth-order valence-corrected chi connectivity index (χ4v) is 1.11. The zero-order valence-electron chi connectivity index (χ0n) is 7.30. The third-order valence-electron chi connectivity index (χ3n) is 1.86. The van der Waals surface area contributed by atoms with Gasteiger partial charge in [-0.1, -0.05) is 6.07 Å². The average molecular weight is 205 g/mol. The smallest absolute Gasteiger partial charge is 0.194 e. The summed E-state index contributed by atoms with van der Waals surface area (Å²) in [6.45, 7) is 0.138. The summed E-state index contributed by atoms with van der Waals surface area (Å²) in [7, 11) is 0. The van der Waals surface area contributed by atoms with Crippen LogP contribution >= 0.6 is 0 Å². The van der Waals surface area contributed by atoms with Crippen molar-refractivity contribution in [1.82, 2.24) is 0 Å². The van der Waals surface area contributed by atoms with Crippen molar-refractivity contribution >= 4 is 0 Å². The number of nitrogens with two attached hydrogens (primary N) is 1. The van der Waals surface area contributed by atoms with Crippen molar-refractivity contribution in [2.75, 3.05) is 6.54 Å². The molecule has 0 aliphatic carbocycles. The number of hydrogen-bond donors (Lipinski definition) is 2. The van der Waals surface area contributed by atoms with Gasteiger partial charge in [0, 0.05) is 5.56 Å². The Hall–Kier alpha value is -1.07. The average Bonchev–Trinajstić information content (AvgIpc) is 2.15. The molecular formula is C9H10F3NO. The topological polar surface area (TPSA) is 46.2 Å². The lowest BCUT2D eigenvalue weighted by atomic mass is 10.1. The second-order valence-electron chi connectivity index (χ2n) is 2.86. The van der Waals surface area contributed by atoms with Gasteiger partial charge in [-0.05, 0) is 19.0 Å². The van der Waals surface area contributed by atoms with Gasteiger partial charge in [0.05, 0.1) is 6.10 Å². The number of halogens is 3. The minimum absolute atomic E-state index is 0.0992. The van der Waals surface area contributed by atoms with Crippen LogP contribution in [0.4, 0.5) is 13.2 Å². The first-order chi connectivity index (χ1) is 6.57. The Morgan fingerprint density at radius 2 is 1.86 bits per heavy atom. The summed E-state index contributed by atoms with van der Waals surface area (Å²) < 4.78 is 38.2. The van der Waals surface area contributed by atoms with E-state index in [9.17, 15) is 18.3 Å². The fraction of sp³-hybridized carbons (Fsp3) is 0.333. The number of benzene rings is 1. The predicted octanol–water partition coefficient (Wildman–Crippen LogP) is 1.49. The largest absolute Gasteiger partial charge is 0.388 e. The monoisotopic (exact) mass is 205 g/mol. The van der Waals surface area contributed by atoms with Gasteiger partial charge in [0.2, 0.25) is 0 Å². The van der Waals surface area contributed by atoms with Crippen molar-refractivity contribution in [1.29, 1.82) is 0 Å². The molecule has 0 radical (unpaired) electrons. The van der Waals surface area contributed by atoms with Gasteiger partial charge < -0.3 is 10.8 Å². The Labute approximate surface area is 79.2 Å². The third kappa shape index (κ3) is 2.05. The molecule has 5 heteroatoms. The highest BCUT2D eigenvalue weighted by atomic mass is 19.2. The number of aliphatic hydroxyl groups is 1. The molecule has 0 spiro atoms. The van der Waals surface area contributed by atoms with E-state index in [1.165, 1.54) is 0 Å². The molecule has 1 aromatic carbocycles. The van der Waals surface area contributed by atoms with Crippen LogP contribution < -0.4 is 5.73 Å². The van der Waals surface area contributed by atoms with E-state index in [2.05, 4.69) is 0 Å². The molecule has 1 atom stereocenters. The fourth-order valence-electron chi connectivity index (χ4n) is 1.11. The summed E-state index contributed by atoms with van der Waals surface area (Å²) in [5, 5.41) is 9.31. The molecule has 0 fully saturated rings. The van der Waals surface area contributed by atoms with Crippen molar-refractivity contribution in [2.45, 2.75) is 12.5 Å².